The summed E-state index contributed by atoms with van der Waals surface area (Å²) in [7, 11) is 0. The van der Waals surface area contributed by atoms with Gasteiger partial charge in [-0.15, -0.1) is 11.6 Å². The molecule has 0 aromatic heterocycles. The summed E-state index contributed by atoms with van der Waals surface area (Å²) >= 11 is 5.19. The quantitative estimate of drug-likeness (QED) is 0.409. The van der Waals surface area contributed by atoms with E-state index in [1.807, 2.05) is 6.92 Å². The van der Waals surface area contributed by atoms with Gasteiger partial charge >= 0.3 is 0 Å². The first-order chi connectivity index (χ1) is 3.83. The van der Waals surface area contributed by atoms with Crippen LogP contribution < -0.4 is 0 Å². The number of alkyl halides is 1. The van der Waals surface area contributed by atoms with Crippen LogP contribution in [-0.2, 0) is 0 Å². The number of nitriles is 2. The molecule has 0 unspecified atom stereocenters. The molecule has 0 heterocycles. The molecule has 0 saturated heterocycles. The number of halogens is 1. The van der Waals surface area contributed by atoms with Gasteiger partial charge in [0, 0.05) is 5.88 Å². The summed E-state index contributed by atoms with van der Waals surface area (Å²) in [6, 6.07) is 2.47. The Balaban J connectivity index is -0.0000000720. The molecule has 0 aliphatic carbocycles. The molecular weight excluding hydrogens is 152 g/mol. The Morgan fingerprint density at radius 3 is 1.56 bits per heavy atom. The maximum atomic E-state index is 7.26. The molecule has 0 bridgehead atoms. The maximum Gasteiger partial charge on any atom is 0.181 e. The van der Waals surface area contributed by atoms with Crippen molar-refractivity contribution in [2.45, 2.75) is 13.3 Å². The van der Waals surface area contributed by atoms with E-state index in [4.69, 9.17) is 22.1 Å². The average Bonchev–Trinajstić information content (AvgIpc) is 1.88. The van der Waals surface area contributed by atoms with Gasteiger partial charge in [0.2, 0.25) is 0 Å². The van der Waals surface area contributed by atoms with E-state index >= 15 is 0 Å². The standard InChI is InChI=1S/C3H7Cl.C2N2.H4Si/c1-2-3-4;3-1-2-4;/h2-3H2,1H3;;1H4. The van der Waals surface area contributed by atoms with Gasteiger partial charge in [0.05, 0.1) is 0 Å². The van der Waals surface area contributed by atoms with E-state index < -0.39 is 0 Å². The molecule has 0 aliphatic heterocycles. The van der Waals surface area contributed by atoms with Crippen molar-refractivity contribution in [2.24, 2.45) is 0 Å². The molecule has 0 atom stereocenters. The molecule has 0 radical (unpaired) electrons. The Morgan fingerprint density at radius 1 is 1.33 bits per heavy atom. The van der Waals surface area contributed by atoms with Gasteiger partial charge < -0.3 is 0 Å². The Morgan fingerprint density at radius 2 is 1.56 bits per heavy atom. The highest BCUT2D eigenvalue weighted by atomic mass is 35.5. The van der Waals surface area contributed by atoms with Crippen LogP contribution in [0.4, 0.5) is 0 Å². The minimum Gasteiger partial charge on any atom is -0.181 e. The largest absolute Gasteiger partial charge is 0.181 e. The maximum absolute atomic E-state index is 7.26. The molecule has 0 N–H and O–H groups in total. The van der Waals surface area contributed by atoms with Crippen molar-refractivity contribution in [3.8, 4) is 12.1 Å². The first-order valence-corrected chi connectivity index (χ1v) is 2.71. The summed E-state index contributed by atoms with van der Waals surface area (Å²) in [5.41, 5.74) is 0. The average molecular weight is 163 g/mol. The fourth-order valence-corrected chi connectivity index (χ4v) is 0. The van der Waals surface area contributed by atoms with Crippen LogP contribution in [0.2, 0.25) is 0 Å². The van der Waals surface area contributed by atoms with Crippen LogP contribution in [0.15, 0.2) is 0 Å². The summed E-state index contributed by atoms with van der Waals surface area (Å²) in [4.78, 5) is 0. The van der Waals surface area contributed by atoms with Crippen molar-refractivity contribution in [2.75, 3.05) is 5.88 Å². The van der Waals surface area contributed by atoms with Crippen molar-refractivity contribution >= 4 is 22.6 Å². The van der Waals surface area contributed by atoms with Gasteiger partial charge in [-0.3, -0.25) is 0 Å². The zero-order chi connectivity index (χ0) is 6.83. The molecule has 0 fully saturated rings. The van der Waals surface area contributed by atoms with Crippen molar-refractivity contribution in [1.29, 1.82) is 10.5 Å². The SMILES string of the molecule is CCCCl.N#CC#N.[SiH4]. The van der Waals surface area contributed by atoms with E-state index in [2.05, 4.69) is 0 Å². The highest BCUT2D eigenvalue weighted by molar-refractivity contribution is 6.17. The molecule has 0 saturated carbocycles. The highest BCUT2D eigenvalue weighted by Gasteiger charge is 1.59. The number of nitrogens with zero attached hydrogens (tertiary/aromatic N) is 2. The highest BCUT2D eigenvalue weighted by Crippen LogP contribution is 1.75. The second kappa shape index (κ2) is 25.9. The first-order valence-electron chi connectivity index (χ1n) is 2.17. The molecule has 9 heavy (non-hydrogen) atoms. The lowest BCUT2D eigenvalue weighted by Gasteiger charge is -1.65. The minimum atomic E-state index is 0. The van der Waals surface area contributed by atoms with Gasteiger partial charge in [-0.2, -0.15) is 10.5 Å². The van der Waals surface area contributed by atoms with Crippen LogP contribution in [0.5, 0.6) is 0 Å². The summed E-state index contributed by atoms with van der Waals surface area (Å²) in [6.07, 6.45) is 1.08. The molecular formula is C5H11ClN2Si. The summed E-state index contributed by atoms with van der Waals surface area (Å²) in [5.74, 6) is 0.792. The summed E-state index contributed by atoms with van der Waals surface area (Å²) in [6.45, 7) is 2.05. The number of hydrogen-bond donors (Lipinski definition) is 0. The smallest absolute Gasteiger partial charge is 0.181 e. The summed E-state index contributed by atoms with van der Waals surface area (Å²) < 4.78 is 0. The van der Waals surface area contributed by atoms with Gasteiger partial charge in [0.25, 0.3) is 0 Å². The van der Waals surface area contributed by atoms with E-state index in [1.165, 1.54) is 12.1 Å². The van der Waals surface area contributed by atoms with Gasteiger partial charge in [-0.1, -0.05) is 6.92 Å². The Hall–Kier alpha value is -0.513. The molecule has 0 aliphatic rings. The van der Waals surface area contributed by atoms with Gasteiger partial charge in [-0.05, 0) is 17.4 Å². The molecule has 4 heteroatoms. The zero-order valence-corrected chi connectivity index (χ0v) is 5.44. The minimum absolute atomic E-state index is 0. The normalized spacial score (nSPS) is 4.44. The van der Waals surface area contributed by atoms with Crippen LogP contribution in [0.3, 0.4) is 0 Å². The second-order valence-electron chi connectivity index (χ2n) is 0.913. The fourth-order valence-electron chi connectivity index (χ4n) is 0. The fraction of sp³-hybridized carbons (Fsp3) is 0.600. The predicted molar refractivity (Wildman–Crippen MR) is 43.6 cm³/mol. The molecule has 0 rings (SSSR count). The molecule has 52 valence electrons. The molecule has 0 aromatic rings. The molecule has 0 amide bonds. The van der Waals surface area contributed by atoms with Crippen LogP contribution in [0.25, 0.3) is 0 Å². The monoisotopic (exact) mass is 162 g/mol. The third kappa shape index (κ3) is 102. The summed E-state index contributed by atoms with van der Waals surface area (Å²) in [5, 5.41) is 14.5. The lowest BCUT2D eigenvalue weighted by atomic mass is 10.6. The number of rotatable bonds is 1. The van der Waals surface area contributed by atoms with E-state index in [-0.39, 0.29) is 11.0 Å². The van der Waals surface area contributed by atoms with Crippen molar-refractivity contribution < 1.29 is 0 Å². The third-order valence-corrected chi connectivity index (χ3v) is 0.617. The van der Waals surface area contributed by atoms with Crippen molar-refractivity contribution in [3.05, 3.63) is 0 Å². The van der Waals surface area contributed by atoms with Crippen LogP contribution in [0, 0.1) is 22.7 Å². The van der Waals surface area contributed by atoms with E-state index in [1.54, 1.807) is 0 Å². The van der Waals surface area contributed by atoms with Gasteiger partial charge in [0.1, 0.15) is 0 Å². The zero-order valence-electron chi connectivity index (χ0n) is 4.69. The number of hydrogen-bond acceptors (Lipinski definition) is 2. The van der Waals surface area contributed by atoms with E-state index in [0.29, 0.717) is 0 Å². The second-order valence-corrected chi connectivity index (χ2v) is 1.29. The lowest BCUT2D eigenvalue weighted by Crippen LogP contribution is -1.55. The van der Waals surface area contributed by atoms with Gasteiger partial charge in [-0.25, -0.2) is 0 Å². The van der Waals surface area contributed by atoms with Crippen molar-refractivity contribution in [1.82, 2.24) is 0 Å². The van der Waals surface area contributed by atoms with E-state index in [0.717, 1.165) is 12.3 Å². The predicted octanol–water partition coefficient (Wildman–Crippen LogP) is 0.217. The lowest BCUT2D eigenvalue weighted by molar-refractivity contribution is 1.10. The molecule has 0 aromatic carbocycles. The third-order valence-electron chi connectivity index (χ3n) is 0.239. The van der Waals surface area contributed by atoms with Crippen LogP contribution in [0.1, 0.15) is 13.3 Å². The molecule has 0 spiro atoms. The van der Waals surface area contributed by atoms with Crippen LogP contribution in [-0.4, -0.2) is 16.8 Å². The first kappa shape index (κ1) is 15.8. The van der Waals surface area contributed by atoms with Crippen LogP contribution >= 0.6 is 11.6 Å². The van der Waals surface area contributed by atoms with E-state index in [9.17, 15) is 0 Å². The molecule has 2 nitrogen and oxygen atoms in total. The Bertz CT molecular complexity index is 88.5. The van der Waals surface area contributed by atoms with Crippen molar-refractivity contribution in [3.63, 3.8) is 0 Å². The topological polar surface area (TPSA) is 47.6 Å². The van der Waals surface area contributed by atoms with Gasteiger partial charge in [0.15, 0.2) is 12.1 Å². The Labute approximate surface area is 65.1 Å². The Kier molecular flexibility index (Phi) is 45.5.